The Morgan fingerprint density at radius 2 is 1.88 bits per heavy atom. The summed E-state index contributed by atoms with van der Waals surface area (Å²) in [6.07, 6.45) is 0. The smallest absolute Gasteiger partial charge is 0.237 e. The van der Waals surface area contributed by atoms with Crippen molar-refractivity contribution in [1.29, 1.82) is 0 Å². The second-order valence-corrected chi connectivity index (χ2v) is 4.55. The molecule has 0 fully saturated rings. The molecule has 0 saturated heterocycles. The molecule has 0 spiro atoms. The Bertz CT molecular complexity index is 434. The molecule has 94 valence electrons. The summed E-state index contributed by atoms with van der Waals surface area (Å²) in [5.74, 6) is 0.0818. The highest BCUT2D eigenvalue weighted by Crippen LogP contribution is 2.24. The molecular weight excluding hydrogens is 240 g/mol. The zero-order valence-corrected chi connectivity index (χ0v) is 11.2. The normalized spacial score (nSPS) is 10.7. The van der Waals surface area contributed by atoms with Crippen LogP contribution in [0, 0.1) is 13.8 Å². The summed E-state index contributed by atoms with van der Waals surface area (Å²) in [5, 5.41) is 0.294. The van der Waals surface area contributed by atoms with Crippen LogP contribution in [0.2, 0.25) is 5.15 Å². The Balaban J connectivity index is 3.18. The first-order valence-corrected chi connectivity index (χ1v) is 5.76. The quantitative estimate of drug-likeness (QED) is 0.885. The zero-order valence-electron chi connectivity index (χ0n) is 10.5. The van der Waals surface area contributed by atoms with E-state index in [4.69, 9.17) is 17.3 Å². The Labute approximate surface area is 106 Å². The molecule has 0 radical (unpaired) electrons. The first-order valence-electron chi connectivity index (χ1n) is 5.38. The van der Waals surface area contributed by atoms with Gasteiger partial charge < -0.3 is 10.6 Å². The largest absolute Gasteiger partial charge is 0.368 e. The summed E-state index contributed by atoms with van der Waals surface area (Å²) < 4.78 is 0. The van der Waals surface area contributed by atoms with Crippen molar-refractivity contribution in [3.05, 3.63) is 16.5 Å². The minimum Gasteiger partial charge on any atom is -0.368 e. The minimum absolute atomic E-state index is 0.0661. The van der Waals surface area contributed by atoms with Gasteiger partial charge in [0.05, 0.1) is 17.9 Å². The lowest BCUT2D eigenvalue weighted by Gasteiger charge is -2.27. The lowest BCUT2D eigenvalue weighted by atomic mass is 10.3. The van der Waals surface area contributed by atoms with Crippen molar-refractivity contribution in [3.8, 4) is 0 Å². The maximum atomic E-state index is 11.0. The highest BCUT2D eigenvalue weighted by atomic mass is 35.5. The van der Waals surface area contributed by atoms with Gasteiger partial charge in [-0.1, -0.05) is 11.6 Å². The van der Waals surface area contributed by atoms with E-state index in [2.05, 4.69) is 9.97 Å². The predicted molar refractivity (Wildman–Crippen MR) is 68.2 cm³/mol. The van der Waals surface area contributed by atoms with E-state index >= 15 is 0 Å². The van der Waals surface area contributed by atoms with E-state index in [1.807, 2.05) is 27.7 Å². The molecule has 1 aromatic rings. The molecule has 0 aliphatic carbocycles. The fourth-order valence-corrected chi connectivity index (χ4v) is 1.69. The molecule has 0 saturated carbocycles. The first kappa shape index (κ1) is 13.7. The van der Waals surface area contributed by atoms with E-state index in [0.717, 1.165) is 11.4 Å². The van der Waals surface area contributed by atoms with Gasteiger partial charge >= 0.3 is 0 Å². The third kappa shape index (κ3) is 3.30. The Morgan fingerprint density at radius 1 is 1.35 bits per heavy atom. The molecule has 1 amide bonds. The van der Waals surface area contributed by atoms with Gasteiger partial charge in [0.25, 0.3) is 0 Å². The van der Waals surface area contributed by atoms with E-state index in [9.17, 15) is 4.79 Å². The van der Waals surface area contributed by atoms with Crippen molar-refractivity contribution in [2.75, 3.05) is 11.4 Å². The van der Waals surface area contributed by atoms with E-state index < -0.39 is 5.91 Å². The van der Waals surface area contributed by atoms with Gasteiger partial charge in [0.1, 0.15) is 0 Å². The highest BCUT2D eigenvalue weighted by Gasteiger charge is 2.19. The number of aromatic nitrogens is 2. The summed E-state index contributed by atoms with van der Waals surface area (Å²) in [5.41, 5.74) is 6.79. The molecule has 5 nitrogen and oxygen atoms in total. The van der Waals surface area contributed by atoms with Gasteiger partial charge in [0, 0.05) is 6.04 Å². The van der Waals surface area contributed by atoms with Crippen LogP contribution in [0.4, 0.5) is 5.82 Å². The Kier molecular flexibility index (Phi) is 4.28. The minimum atomic E-state index is -0.421. The lowest BCUT2D eigenvalue weighted by molar-refractivity contribution is -0.116. The average Bonchev–Trinajstić information content (AvgIpc) is 2.20. The molecule has 17 heavy (non-hydrogen) atoms. The SMILES string of the molecule is Cc1nc(Cl)c(N(CC(N)=O)C(C)C)nc1C. The van der Waals surface area contributed by atoms with E-state index in [0.29, 0.717) is 11.0 Å². The number of carbonyl (C=O) groups excluding carboxylic acids is 1. The van der Waals surface area contributed by atoms with Gasteiger partial charge in [0.2, 0.25) is 5.91 Å². The maximum absolute atomic E-state index is 11.0. The number of halogens is 1. The average molecular weight is 257 g/mol. The number of hydrogen-bond acceptors (Lipinski definition) is 4. The molecule has 0 aliphatic heterocycles. The van der Waals surface area contributed by atoms with Crippen molar-refractivity contribution in [3.63, 3.8) is 0 Å². The maximum Gasteiger partial charge on any atom is 0.237 e. The summed E-state index contributed by atoms with van der Waals surface area (Å²) in [7, 11) is 0. The van der Waals surface area contributed by atoms with Crippen LogP contribution in [0.3, 0.4) is 0 Å². The van der Waals surface area contributed by atoms with Crippen LogP contribution in [0.25, 0.3) is 0 Å². The number of nitrogens with two attached hydrogens (primary N) is 1. The van der Waals surface area contributed by atoms with Crippen LogP contribution in [-0.2, 0) is 4.79 Å². The zero-order chi connectivity index (χ0) is 13.2. The lowest BCUT2D eigenvalue weighted by Crippen LogP contribution is -2.39. The second-order valence-electron chi connectivity index (χ2n) is 4.20. The van der Waals surface area contributed by atoms with Gasteiger partial charge in [-0.05, 0) is 27.7 Å². The Morgan fingerprint density at radius 3 is 2.35 bits per heavy atom. The van der Waals surface area contributed by atoms with Crippen molar-refractivity contribution in [1.82, 2.24) is 9.97 Å². The van der Waals surface area contributed by atoms with Crippen LogP contribution in [-0.4, -0.2) is 28.5 Å². The van der Waals surface area contributed by atoms with Crippen LogP contribution < -0.4 is 10.6 Å². The van der Waals surface area contributed by atoms with Gasteiger partial charge in [-0.3, -0.25) is 4.79 Å². The number of carbonyl (C=O) groups is 1. The van der Waals surface area contributed by atoms with E-state index in [1.54, 1.807) is 4.90 Å². The molecule has 1 rings (SSSR count). The Hall–Kier alpha value is -1.36. The topological polar surface area (TPSA) is 72.1 Å². The summed E-state index contributed by atoms with van der Waals surface area (Å²) in [6, 6.07) is 0.0661. The molecule has 1 heterocycles. The van der Waals surface area contributed by atoms with Crippen molar-refractivity contribution < 1.29 is 4.79 Å². The number of nitrogens with zero attached hydrogens (tertiary/aromatic N) is 3. The highest BCUT2D eigenvalue weighted by molar-refractivity contribution is 6.31. The van der Waals surface area contributed by atoms with E-state index in [-0.39, 0.29) is 12.6 Å². The van der Waals surface area contributed by atoms with Crippen LogP contribution in [0.1, 0.15) is 25.2 Å². The number of anilines is 1. The van der Waals surface area contributed by atoms with Gasteiger partial charge in [-0.2, -0.15) is 0 Å². The third-order valence-corrected chi connectivity index (χ3v) is 2.72. The molecule has 0 aliphatic rings. The number of aryl methyl sites for hydroxylation is 2. The molecule has 2 N–H and O–H groups in total. The van der Waals surface area contributed by atoms with Gasteiger partial charge in [-0.15, -0.1) is 0 Å². The molecule has 0 unspecified atom stereocenters. The number of primary amides is 1. The van der Waals surface area contributed by atoms with Gasteiger partial charge in [0.15, 0.2) is 11.0 Å². The van der Waals surface area contributed by atoms with Crippen LogP contribution >= 0.6 is 11.6 Å². The predicted octanol–water partition coefficient (Wildman–Crippen LogP) is 1.45. The molecule has 1 aromatic heterocycles. The number of amides is 1. The standard InChI is InChI=1S/C11H17ClN4O/c1-6(2)16(5-9(13)17)11-10(12)14-7(3)8(4)15-11/h6H,5H2,1-4H3,(H2,13,17). The van der Waals surface area contributed by atoms with Crippen molar-refractivity contribution in [2.24, 2.45) is 5.73 Å². The summed E-state index contributed by atoms with van der Waals surface area (Å²) in [4.78, 5) is 21.3. The van der Waals surface area contributed by atoms with Crippen LogP contribution in [0.5, 0.6) is 0 Å². The monoisotopic (exact) mass is 256 g/mol. The molecule has 0 aromatic carbocycles. The molecule has 0 bridgehead atoms. The van der Waals surface area contributed by atoms with Crippen molar-refractivity contribution >= 4 is 23.3 Å². The molecule has 0 atom stereocenters. The fraction of sp³-hybridized carbons (Fsp3) is 0.545. The molecule has 6 heteroatoms. The summed E-state index contributed by atoms with van der Waals surface area (Å²) >= 11 is 6.06. The van der Waals surface area contributed by atoms with Gasteiger partial charge in [-0.25, -0.2) is 9.97 Å². The van der Waals surface area contributed by atoms with E-state index in [1.165, 1.54) is 0 Å². The number of hydrogen-bond donors (Lipinski definition) is 1. The summed E-state index contributed by atoms with van der Waals surface area (Å²) in [6.45, 7) is 7.65. The molecular formula is C11H17ClN4O. The first-order chi connectivity index (χ1) is 7.82. The second kappa shape index (κ2) is 5.31. The fourth-order valence-electron chi connectivity index (χ4n) is 1.42. The third-order valence-electron chi connectivity index (χ3n) is 2.47. The van der Waals surface area contributed by atoms with Crippen molar-refractivity contribution in [2.45, 2.75) is 33.7 Å². The van der Waals surface area contributed by atoms with Crippen LogP contribution in [0.15, 0.2) is 0 Å². The number of rotatable bonds is 4.